The van der Waals surface area contributed by atoms with Crippen molar-refractivity contribution in [1.29, 1.82) is 0 Å². The molecule has 0 bridgehead atoms. The van der Waals surface area contributed by atoms with E-state index in [-0.39, 0.29) is 5.75 Å². The predicted molar refractivity (Wildman–Crippen MR) is 145 cm³/mol. The lowest BCUT2D eigenvalue weighted by Gasteiger charge is -2.15. The van der Waals surface area contributed by atoms with Crippen LogP contribution in [0.25, 0.3) is 0 Å². The number of benzene rings is 1. The topological polar surface area (TPSA) is 47.9 Å². The fourth-order valence-corrected chi connectivity index (χ4v) is 4.06. The molecule has 0 spiro atoms. The van der Waals surface area contributed by atoms with Crippen molar-refractivity contribution in [3.8, 4) is 23.0 Å². The van der Waals surface area contributed by atoms with Crippen LogP contribution in [0.2, 0.25) is 0 Å². The minimum absolute atomic E-state index is 0.101. The molecule has 0 saturated carbocycles. The molecular weight excluding hydrogens is 424 g/mol. The highest BCUT2D eigenvalue weighted by atomic mass is 16.5. The largest absolute Gasteiger partial charge is 0.502 e. The summed E-state index contributed by atoms with van der Waals surface area (Å²) in [6.45, 7) is 8.62. The van der Waals surface area contributed by atoms with E-state index in [2.05, 4.69) is 20.8 Å². The number of unbranched alkanes of at least 4 members (excludes halogenated alkanes) is 15. The zero-order valence-electron chi connectivity index (χ0n) is 22.7. The average molecular weight is 479 g/mol. The van der Waals surface area contributed by atoms with Crippen molar-refractivity contribution in [1.82, 2.24) is 0 Å². The Labute approximate surface area is 210 Å². The van der Waals surface area contributed by atoms with Crippen LogP contribution < -0.4 is 14.2 Å². The van der Waals surface area contributed by atoms with E-state index in [1.54, 1.807) is 0 Å². The number of rotatable bonds is 24. The second-order valence-corrected chi connectivity index (χ2v) is 9.62. The Morgan fingerprint density at radius 1 is 0.471 bits per heavy atom. The highest BCUT2D eigenvalue weighted by molar-refractivity contribution is 5.55. The fraction of sp³-hybridized carbons (Fsp3) is 0.800. The molecule has 1 N–H and O–H groups in total. The van der Waals surface area contributed by atoms with Crippen LogP contribution in [0.3, 0.4) is 0 Å². The standard InChI is InChI=1S/C30H54O4/c1-4-7-10-13-16-19-22-32-27-25-28(33-23-20-17-14-11-8-5-2)30(31)29(26-27)34-24-21-18-15-12-9-6-3/h25-26,31H,4-24H2,1-3H3. The molecule has 0 heterocycles. The summed E-state index contributed by atoms with van der Waals surface area (Å²) in [6.07, 6.45) is 21.9. The van der Waals surface area contributed by atoms with Crippen molar-refractivity contribution in [2.24, 2.45) is 0 Å². The number of aromatic hydroxyl groups is 1. The van der Waals surface area contributed by atoms with Gasteiger partial charge in [-0.3, -0.25) is 0 Å². The van der Waals surface area contributed by atoms with Gasteiger partial charge in [0.2, 0.25) is 5.75 Å². The Bertz CT molecular complexity index is 548. The van der Waals surface area contributed by atoms with Crippen molar-refractivity contribution < 1.29 is 19.3 Å². The third kappa shape index (κ3) is 15.3. The molecule has 0 aromatic heterocycles. The van der Waals surface area contributed by atoms with E-state index < -0.39 is 0 Å². The van der Waals surface area contributed by atoms with Crippen molar-refractivity contribution in [2.45, 2.75) is 136 Å². The minimum atomic E-state index is 0.101. The molecular formula is C30H54O4. The van der Waals surface area contributed by atoms with E-state index in [9.17, 15) is 5.11 Å². The van der Waals surface area contributed by atoms with Gasteiger partial charge >= 0.3 is 0 Å². The Hall–Kier alpha value is -1.58. The lowest BCUT2D eigenvalue weighted by atomic mass is 10.1. The third-order valence-corrected chi connectivity index (χ3v) is 6.29. The van der Waals surface area contributed by atoms with Gasteiger partial charge in [-0.25, -0.2) is 0 Å². The molecule has 0 fully saturated rings. The van der Waals surface area contributed by atoms with E-state index in [1.807, 2.05) is 12.1 Å². The lowest BCUT2D eigenvalue weighted by molar-refractivity contribution is 0.256. The van der Waals surface area contributed by atoms with Crippen LogP contribution in [0.4, 0.5) is 0 Å². The van der Waals surface area contributed by atoms with E-state index in [1.165, 1.54) is 83.5 Å². The average Bonchev–Trinajstić information content (AvgIpc) is 2.84. The molecule has 4 heteroatoms. The summed E-state index contributed by atoms with van der Waals surface area (Å²) in [5.74, 6) is 1.78. The van der Waals surface area contributed by atoms with Crippen LogP contribution >= 0.6 is 0 Å². The minimum Gasteiger partial charge on any atom is -0.502 e. The van der Waals surface area contributed by atoms with Crippen molar-refractivity contribution in [3.63, 3.8) is 0 Å². The van der Waals surface area contributed by atoms with Crippen molar-refractivity contribution in [3.05, 3.63) is 12.1 Å². The van der Waals surface area contributed by atoms with Gasteiger partial charge in [-0.15, -0.1) is 0 Å². The number of phenolic OH excluding ortho intramolecular Hbond substituents is 1. The molecule has 0 amide bonds. The Kier molecular flexibility index (Phi) is 19.6. The van der Waals surface area contributed by atoms with Crippen LogP contribution in [0.5, 0.6) is 23.0 Å². The summed E-state index contributed by atoms with van der Waals surface area (Å²) >= 11 is 0. The molecule has 4 nitrogen and oxygen atoms in total. The van der Waals surface area contributed by atoms with E-state index in [0.29, 0.717) is 31.3 Å². The quantitative estimate of drug-likeness (QED) is 0.150. The van der Waals surface area contributed by atoms with Gasteiger partial charge in [0.05, 0.1) is 19.8 Å². The lowest BCUT2D eigenvalue weighted by Crippen LogP contribution is -2.03. The van der Waals surface area contributed by atoms with Gasteiger partial charge in [0.1, 0.15) is 5.75 Å². The summed E-state index contributed by atoms with van der Waals surface area (Å²) < 4.78 is 17.9. The zero-order valence-corrected chi connectivity index (χ0v) is 22.7. The first-order chi connectivity index (χ1) is 16.7. The van der Waals surface area contributed by atoms with Gasteiger partial charge < -0.3 is 19.3 Å². The van der Waals surface area contributed by atoms with Gasteiger partial charge in [0.25, 0.3) is 0 Å². The van der Waals surface area contributed by atoms with Crippen LogP contribution in [0.1, 0.15) is 136 Å². The maximum Gasteiger partial charge on any atom is 0.201 e. The molecule has 0 unspecified atom stereocenters. The highest BCUT2D eigenvalue weighted by Gasteiger charge is 2.14. The number of hydrogen-bond acceptors (Lipinski definition) is 4. The third-order valence-electron chi connectivity index (χ3n) is 6.29. The molecule has 0 radical (unpaired) electrons. The Morgan fingerprint density at radius 2 is 0.794 bits per heavy atom. The van der Waals surface area contributed by atoms with Gasteiger partial charge in [-0.05, 0) is 19.3 Å². The molecule has 0 aliphatic heterocycles. The van der Waals surface area contributed by atoms with Crippen LogP contribution in [-0.4, -0.2) is 24.9 Å². The normalized spacial score (nSPS) is 11.0. The van der Waals surface area contributed by atoms with Crippen LogP contribution in [-0.2, 0) is 0 Å². The SMILES string of the molecule is CCCCCCCCOc1cc(OCCCCCCCC)c(O)c(OCCCCCCCC)c1. The monoisotopic (exact) mass is 478 g/mol. The summed E-state index contributed by atoms with van der Waals surface area (Å²) in [5, 5.41) is 10.7. The summed E-state index contributed by atoms with van der Waals surface area (Å²) in [4.78, 5) is 0. The smallest absolute Gasteiger partial charge is 0.201 e. The molecule has 0 atom stereocenters. The van der Waals surface area contributed by atoms with Gasteiger partial charge in [-0.2, -0.15) is 0 Å². The van der Waals surface area contributed by atoms with Gasteiger partial charge in [0, 0.05) is 12.1 Å². The predicted octanol–water partition coefficient (Wildman–Crippen LogP) is 9.61. The maximum atomic E-state index is 10.7. The number of hydrogen-bond donors (Lipinski definition) is 1. The first-order valence-corrected chi connectivity index (χ1v) is 14.5. The van der Waals surface area contributed by atoms with E-state index >= 15 is 0 Å². The Morgan fingerprint density at radius 3 is 1.18 bits per heavy atom. The summed E-state index contributed by atoms with van der Waals surface area (Å²) in [7, 11) is 0. The first kappa shape index (κ1) is 30.5. The molecule has 0 aliphatic rings. The molecule has 34 heavy (non-hydrogen) atoms. The van der Waals surface area contributed by atoms with E-state index in [4.69, 9.17) is 14.2 Å². The van der Waals surface area contributed by atoms with Crippen LogP contribution in [0, 0.1) is 0 Å². The molecule has 1 aromatic rings. The first-order valence-electron chi connectivity index (χ1n) is 14.5. The number of ether oxygens (including phenoxy) is 3. The van der Waals surface area contributed by atoms with Crippen molar-refractivity contribution in [2.75, 3.05) is 19.8 Å². The maximum absolute atomic E-state index is 10.7. The molecule has 1 aromatic carbocycles. The molecule has 1 rings (SSSR count). The molecule has 0 saturated heterocycles. The van der Waals surface area contributed by atoms with Crippen molar-refractivity contribution >= 4 is 0 Å². The second kappa shape index (κ2) is 21.9. The highest BCUT2D eigenvalue weighted by Crippen LogP contribution is 2.40. The Balaban J connectivity index is 2.55. The fourth-order valence-electron chi connectivity index (χ4n) is 4.06. The molecule has 0 aliphatic carbocycles. The van der Waals surface area contributed by atoms with E-state index in [0.717, 1.165) is 37.9 Å². The van der Waals surface area contributed by atoms with Gasteiger partial charge in [0.15, 0.2) is 11.5 Å². The second-order valence-electron chi connectivity index (χ2n) is 9.62. The number of phenols is 1. The zero-order chi connectivity index (χ0) is 24.7. The summed E-state index contributed by atoms with van der Waals surface area (Å²) in [5.41, 5.74) is 0. The summed E-state index contributed by atoms with van der Waals surface area (Å²) in [6, 6.07) is 3.64. The molecule has 198 valence electrons. The van der Waals surface area contributed by atoms with Crippen LogP contribution in [0.15, 0.2) is 12.1 Å². The van der Waals surface area contributed by atoms with Gasteiger partial charge in [-0.1, -0.05) is 117 Å².